The van der Waals surface area contributed by atoms with E-state index in [0.29, 0.717) is 6.42 Å². The largest absolute Gasteiger partial charge is 0.396 e. The Balaban J connectivity index is 1.85. The lowest BCUT2D eigenvalue weighted by molar-refractivity contribution is -0.130. The van der Waals surface area contributed by atoms with Crippen LogP contribution in [-0.2, 0) is 11.2 Å². The second-order valence-corrected chi connectivity index (χ2v) is 6.01. The maximum atomic E-state index is 12.0. The van der Waals surface area contributed by atoms with Gasteiger partial charge in [0.1, 0.15) is 0 Å². The van der Waals surface area contributed by atoms with Crippen LogP contribution in [0.1, 0.15) is 35.7 Å². The highest BCUT2D eigenvalue weighted by atomic mass is 32.1. The van der Waals surface area contributed by atoms with Crippen molar-refractivity contribution in [1.82, 2.24) is 4.90 Å². The highest BCUT2D eigenvalue weighted by molar-refractivity contribution is 7.10. The summed E-state index contributed by atoms with van der Waals surface area (Å²) in [6.45, 7) is 0.862. The maximum Gasteiger partial charge on any atom is 0.223 e. The number of aliphatic hydroxyl groups is 1. The molecule has 2 unspecified atom stereocenters. The Bertz CT molecular complexity index is 429. The van der Waals surface area contributed by atoms with Crippen LogP contribution in [0, 0.1) is 5.92 Å². The molecule has 0 saturated carbocycles. The highest BCUT2D eigenvalue weighted by Crippen LogP contribution is 2.39. The molecule has 1 fully saturated rings. The van der Waals surface area contributed by atoms with Crippen LogP contribution in [0.25, 0.3) is 0 Å². The van der Waals surface area contributed by atoms with Gasteiger partial charge in [0.05, 0.1) is 6.04 Å². The van der Waals surface area contributed by atoms with Crippen molar-refractivity contribution < 1.29 is 9.90 Å². The first-order valence-electron chi connectivity index (χ1n) is 6.26. The van der Waals surface area contributed by atoms with Crippen molar-refractivity contribution in [3.05, 3.63) is 21.9 Å². The second kappa shape index (κ2) is 4.42. The molecule has 17 heavy (non-hydrogen) atoms. The molecule has 3 rings (SSSR count). The molecule has 1 N–H and O–H groups in total. The zero-order valence-corrected chi connectivity index (χ0v) is 10.6. The zero-order valence-electron chi connectivity index (χ0n) is 9.76. The van der Waals surface area contributed by atoms with Crippen molar-refractivity contribution in [2.45, 2.75) is 31.7 Å². The predicted molar refractivity (Wildman–Crippen MR) is 66.9 cm³/mol. The lowest BCUT2D eigenvalue weighted by Gasteiger charge is -2.31. The van der Waals surface area contributed by atoms with Crippen LogP contribution in [0.4, 0.5) is 0 Å². The maximum absolute atomic E-state index is 12.0. The minimum atomic E-state index is 0.130. The molecule has 1 amide bonds. The van der Waals surface area contributed by atoms with E-state index in [-0.39, 0.29) is 24.5 Å². The van der Waals surface area contributed by atoms with Gasteiger partial charge in [0.25, 0.3) is 0 Å². The summed E-state index contributed by atoms with van der Waals surface area (Å²) in [5.74, 6) is 0.361. The lowest BCUT2D eigenvalue weighted by Crippen LogP contribution is -2.32. The Morgan fingerprint density at radius 2 is 2.41 bits per heavy atom. The number of likely N-dealkylation sites (tertiary alicyclic amines) is 1. The van der Waals surface area contributed by atoms with Gasteiger partial charge in [-0.1, -0.05) is 0 Å². The van der Waals surface area contributed by atoms with Crippen LogP contribution in [-0.4, -0.2) is 29.1 Å². The predicted octanol–water partition coefficient (Wildman–Crippen LogP) is 1.97. The normalized spacial score (nSPS) is 28.5. The fourth-order valence-electron chi connectivity index (χ4n) is 3.02. The monoisotopic (exact) mass is 251 g/mol. The van der Waals surface area contributed by atoms with Gasteiger partial charge >= 0.3 is 0 Å². The molecule has 1 aromatic rings. The molecule has 1 aromatic heterocycles. The molecule has 1 saturated heterocycles. The Kier molecular flexibility index (Phi) is 2.92. The van der Waals surface area contributed by atoms with Crippen molar-refractivity contribution in [1.29, 1.82) is 0 Å². The molecule has 0 spiro atoms. The van der Waals surface area contributed by atoms with Crippen molar-refractivity contribution in [3.63, 3.8) is 0 Å². The first kappa shape index (κ1) is 11.2. The molecule has 0 radical (unpaired) electrons. The van der Waals surface area contributed by atoms with Gasteiger partial charge in [-0.05, 0) is 36.3 Å². The number of carbonyl (C=O) groups excluding carboxylic acids is 1. The summed E-state index contributed by atoms with van der Waals surface area (Å²) < 4.78 is 0. The van der Waals surface area contributed by atoms with Gasteiger partial charge in [-0.25, -0.2) is 0 Å². The number of fused-ring (bicyclic) bond motifs is 1. The molecule has 0 bridgehead atoms. The van der Waals surface area contributed by atoms with Gasteiger partial charge in [0, 0.05) is 30.4 Å². The van der Waals surface area contributed by atoms with E-state index in [1.54, 1.807) is 0 Å². The standard InChI is InChI=1S/C13H17NO2S/c15-8-9-6-13(16)14(7-9)11-2-1-3-12-10(11)4-5-17-12/h4-5,9,11,15H,1-3,6-8H2. The van der Waals surface area contributed by atoms with E-state index >= 15 is 0 Å². The number of nitrogens with zero attached hydrogens (tertiary/aromatic N) is 1. The molecular formula is C13H17NO2S. The van der Waals surface area contributed by atoms with Crippen LogP contribution in [0.5, 0.6) is 0 Å². The van der Waals surface area contributed by atoms with Gasteiger partial charge in [-0.3, -0.25) is 4.79 Å². The third-order valence-electron chi connectivity index (χ3n) is 3.89. The highest BCUT2D eigenvalue weighted by Gasteiger charge is 2.36. The summed E-state index contributed by atoms with van der Waals surface area (Å²) in [5.41, 5.74) is 1.35. The minimum Gasteiger partial charge on any atom is -0.396 e. The first-order chi connectivity index (χ1) is 8.29. The van der Waals surface area contributed by atoms with Gasteiger partial charge in [-0.2, -0.15) is 0 Å². The Morgan fingerprint density at radius 3 is 3.18 bits per heavy atom. The molecular weight excluding hydrogens is 234 g/mol. The van der Waals surface area contributed by atoms with Crippen LogP contribution in [0.2, 0.25) is 0 Å². The van der Waals surface area contributed by atoms with E-state index in [1.807, 2.05) is 16.2 Å². The molecule has 2 atom stereocenters. The third-order valence-corrected chi connectivity index (χ3v) is 4.89. The fourth-order valence-corrected chi connectivity index (χ4v) is 4.00. The molecule has 92 valence electrons. The molecule has 2 heterocycles. The average Bonchev–Trinajstić information content (AvgIpc) is 2.94. The number of hydrogen-bond acceptors (Lipinski definition) is 3. The molecule has 0 aromatic carbocycles. The second-order valence-electron chi connectivity index (χ2n) is 5.01. The molecule has 1 aliphatic carbocycles. The van der Waals surface area contributed by atoms with E-state index in [4.69, 9.17) is 0 Å². The van der Waals surface area contributed by atoms with Crippen molar-refractivity contribution in [2.24, 2.45) is 5.92 Å². The average molecular weight is 251 g/mol. The van der Waals surface area contributed by atoms with E-state index in [1.165, 1.54) is 16.9 Å². The van der Waals surface area contributed by atoms with Gasteiger partial charge < -0.3 is 10.0 Å². The Labute approximate surface area is 105 Å². The SMILES string of the molecule is O=C1CC(CO)CN1C1CCCc2sccc21. The zero-order chi connectivity index (χ0) is 11.8. The van der Waals surface area contributed by atoms with E-state index in [9.17, 15) is 9.90 Å². The Hall–Kier alpha value is -0.870. The number of carbonyl (C=O) groups is 1. The van der Waals surface area contributed by atoms with Crippen LogP contribution < -0.4 is 0 Å². The number of aryl methyl sites for hydroxylation is 1. The molecule has 4 heteroatoms. The van der Waals surface area contributed by atoms with E-state index in [2.05, 4.69) is 11.4 Å². The summed E-state index contributed by atoms with van der Waals surface area (Å²) in [6, 6.07) is 2.44. The fraction of sp³-hybridized carbons (Fsp3) is 0.615. The van der Waals surface area contributed by atoms with Crippen LogP contribution >= 0.6 is 11.3 Å². The van der Waals surface area contributed by atoms with Crippen LogP contribution in [0.3, 0.4) is 0 Å². The molecule has 3 nitrogen and oxygen atoms in total. The number of aliphatic hydroxyl groups excluding tert-OH is 1. The van der Waals surface area contributed by atoms with Crippen LogP contribution in [0.15, 0.2) is 11.4 Å². The smallest absolute Gasteiger partial charge is 0.223 e. The number of rotatable bonds is 2. The quantitative estimate of drug-likeness (QED) is 0.873. The Morgan fingerprint density at radius 1 is 1.53 bits per heavy atom. The van der Waals surface area contributed by atoms with Gasteiger partial charge in [0.2, 0.25) is 5.91 Å². The van der Waals surface area contributed by atoms with Gasteiger partial charge in [-0.15, -0.1) is 11.3 Å². The third kappa shape index (κ3) is 1.89. The first-order valence-corrected chi connectivity index (χ1v) is 7.14. The van der Waals surface area contributed by atoms with Crippen molar-refractivity contribution >= 4 is 17.2 Å². The van der Waals surface area contributed by atoms with E-state index in [0.717, 1.165) is 19.4 Å². The molecule has 1 aliphatic heterocycles. The summed E-state index contributed by atoms with van der Waals surface area (Å²) in [7, 11) is 0. The summed E-state index contributed by atoms with van der Waals surface area (Å²) in [6.07, 6.45) is 3.93. The molecule has 2 aliphatic rings. The summed E-state index contributed by atoms with van der Waals surface area (Å²) in [5, 5.41) is 11.3. The minimum absolute atomic E-state index is 0.130. The number of thiophene rings is 1. The number of amides is 1. The van der Waals surface area contributed by atoms with E-state index < -0.39 is 0 Å². The van der Waals surface area contributed by atoms with Gasteiger partial charge in [0.15, 0.2) is 0 Å². The lowest BCUT2D eigenvalue weighted by atomic mass is 9.93. The topological polar surface area (TPSA) is 40.5 Å². The summed E-state index contributed by atoms with van der Waals surface area (Å²) in [4.78, 5) is 15.4. The van der Waals surface area contributed by atoms with Crippen molar-refractivity contribution in [2.75, 3.05) is 13.2 Å². The number of hydrogen-bond donors (Lipinski definition) is 1. The van der Waals surface area contributed by atoms with Crippen molar-refractivity contribution in [3.8, 4) is 0 Å². The summed E-state index contributed by atoms with van der Waals surface area (Å²) >= 11 is 1.81.